The van der Waals surface area contributed by atoms with Gasteiger partial charge >= 0.3 is 12.1 Å². The van der Waals surface area contributed by atoms with Crippen molar-refractivity contribution in [3.8, 4) is 0 Å². The van der Waals surface area contributed by atoms with Crippen molar-refractivity contribution in [1.82, 2.24) is 4.90 Å². The summed E-state index contributed by atoms with van der Waals surface area (Å²) >= 11 is 0. The van der Waals surface area contributed by atoms with Gasteiger partial charge in [-0.1, -0.05) is 29.8 Å². The van der Waals surface area contributed by atoms with Gasteiger partial charge in [0.15, 0.2) is 0 Å². The maximum absolute atomic E-state index is 10.6. The second-order valence-corrected chi connectivity index (χ2v) is 8.18. The maximum Gasteiger partial charge on any atom is 0.490 e. The molecule has 0 radical (unpaired) electrons. The molecular weight excluding hydrogens is 387 g/mol. The van der Waals surface area contributed by atoms with Crippen molar-refractivity contribution >= 4 is 5.97 Å². The molecule has 5 nitrogen and oxygen atoms in total. The highest BCUT2D eigenvalue weighted by atomic mass is 19.4. The largest absolute Gasteiger partial charge is 0.490 e. The first-order valence-corrected chi connectivity index (χ1v) is 10.0. The Bertz CT molecular complexity index is 679. The zero-order valence-corrected chi connectivity index (χ0v) is 16.5. The van der Waals surface area contributed by atoms with Crippen molar-refractivity contribution in [2.45, 2.75) is 63.5 Å². The SMILES string of the molecule is Cc1cccc(CN2C3COCC2CC(OCC2CC2)C3)c1.O=C(O)C(F)(F)F. The Kier molecular flexibility index (Phi) is 7.19. The number of carboxylic acids is 1. The lowest BCUT2D eigenvalue weighted by atomic mass is 9.91. The van der Waals surface area contributed by atoms with Crippen molar-refractivity contribution < 1.29 is 32.5 Å². The molecule has 0 amide bonds. The number of carboxylic acid groups (broad SMARTS) is 1. The number of piperidine rings is 1. The van der Waals surface area contributed by atoms with Crippen LogP contribution in [0.15, 0.2) is 24.3 Å². The van der Waals surface area contributed by atoms with E-state index in [-0.39, 0.29) is 0 Å². The third-order valence-electron chi connectivity index (χ3n) is 5.58. The topological polar surface area (TPSA) is 59.0 Å². The van der Waals surface area contributed by atoms with Crippen LogP contribution in [0.4, 0.5) is 13.2 Å². The van der Waals surface area contributed by atoms with Crippen molar-refractivity contribution in [2.24, 2.45) is 5.92 Å². The summed E-state index contributed by atoms with van der Waals surface area (Å²) in [6.07, 6.45) is 0.391. The molecule has 1 saturated carbocycles. The number of morpholine rings is 1. The fraction of sp³-hybridized carbons (Fsp3) is 0.667. The summed E-state index contributed by atoms with van der Waals surface area (Å²) < 4.78 is 43.7. The molecule has 1 aromatic rings. The van der Waals surface area contributed by atoms with Crippen molar-refractivity contribution in [3.05, 3.63) is 35.4 Å². The zero-order chi connectivity index (χ0) is 21.0. The van der Waals surface area contributed by atoms with Gasteiger partial charge in [-0.05, 0) is 44.1 Å². The second-order valence-electron chi connectivity index (χ2n) is 8.18. The lowest BCUT2D eigenvalue weighted by Crippen LogP contribution is -2.57. The number of nitrogens with zero attached hydrogens (tertiary/aromatic N) is 1. The van der Waals surface area contributed by atoms with Gasteiger partial charge in [-0.3, -0.25) is 4.90 Å². The van der Waals surface area contributed by atoms with E-state index in [1.165, 1.54) is 24.0 Å². The number of rotatable bonds is 5. The molecule has 0 spiro atoms. The average molecular weight is 415 g/mol. The van der Waals surface area contributed by atoms with Gasteiger partial charge in [0.1, 0.15) is 0 Å². The minimum Gasteiger partial charge on any atom is -0.475 e. The molecule has 1 aliphatic carbocycles. The van der Waals surface area contributed by atoms with Crippen LogP contribution >= 0.6 is 0 Å². The highest BCUT2D eigenvalue weighted by molar-refractivity contribution is 5.73. The molecule has 3 fully saturated rings. The number of carbonyl (C=O) groups is 1. The first-order valence-electron chi connectivity index (χ1n) is 10.0. The third kappa shape index (κ3) is 6.69. The molecule has 2 bridgehead atoms. The number of hydrogen-bond donors (Lipinski definition) is 1. The van der Waals surface area contributed by atoms with E-state index >= 15 is 0 Å². The summed E-state index contributed by atoms with van der Waals surface area (Å²) in [7, 11) is 0. The van der Waals surface area contributed by atoms with Gasteiger partial charge in [0.2, 0.25) is 0 Å². The van der Waals surface area contributed by atoms with E-state index in [0.29, 0.717) is 18.2 Å². The smallest absolute Gasteiger partial charge is 0.475 e. The number of benzene rings is 1. The first kappa shape index (κ1) is 22.1. The van der Waals surface area contributed by atoms with Gasteiger partial charge in [-0.2, -0.15) is 13.2 Å². The van der Waals surface area contributed by atoms with Crippen LogP contribution in [-0.2, 0) is 20.8 Å². The minimum atomic E-state index is -5.08. The fourth-order valence-electron chi connectivity index (χ4n) is 3.91. The quantitative estimate of drug-likeness (QED) is 0.793. The molecule has 0 aromatic heterocycles. The Balaban J connectivity index is 0.000000298. The summed E-state index contributed by atoms with van der Waals surface area (Å²) in [5.41, 5.74) is 2.77. The van der Waals surface area contributed by atoms with Crippen LogP contribution in [0.2, 0.25) is 0 Å². The van der Waals surface area contributed by atoms with E-state index < -0.39 is 12.1 Å². The van der Waals surface area contributed by atoms with Crippen LogP contribution in [-0.4, -0.2) is 60.2 Å². The number of fused-ring (bicyclic) bond motifs is 2. The molecule has 4 rings (SSSR count). The van der Waals surface area contributed by atoms with Crippen LogP contribution < -0.4 is 0 Å². The minimum absolute atomic E-state index is 0.452. The number of aliphatic carboxylic acids is 1. The van der Waals surface area contributed by atoms with Gasteiger partial charge in [-0.25, -0.2) is 4.79 Å². The van der Waals surface area contributed by atoms with E-state index in [2.05, 4.69) is 36.1 Å². The molecule has 1 N–H and O–H groups in total. The number of aryl methyl sites for hydroxylation is 1. The van der Waals surface area contributed by atoms with Crippen molar-refractivity contribution in [2.75, 3.05) is 19.8 Å². The molecule has 8 heteroatoms. The molecule has 3 aliphatic rings. The standard InChI is InChI=1S/C19H27NO2.C2HF3O2/c1-14-3-2-4-16(7-14)10-20-17-8-19(22-11-15-5-6-15)9-18(20)13-21-12-17;3-2(4,5)1(6)7/h2-4,7,15,17-19H,5-6,8-13H2,1H3;(H,6,7). The summed E-state index contributed by atoms with van der Waals surface area (Å²) in [6, 6.07) is 9.95. The molecule has 2 unspecified atom stereocenters. The Labute approximate surface area is 168 Å². The van der Waals surface area contributed by atoms with E-state index in [1.807, 2.05) is 0 Å². The second kappa shape index (κ2) is 9.45. The molecule has 2 heterocycles. The lowest BCUT2D eigenvalue weighted by Gasteiger charge is -2.48. The average Bonchev–Trinajstić information content (AvgIpc) is 3.44. The highest BCUT2D eigenvalue weighted by Crippen LogP contribution is 2.34. The molecule has 2 atom stereocenters. The molecule has 1 aromatic carbocycles. The number of ether oxygens (including phenoxy) is 2. The number of hydrogen-bond acceptors (Lipinski definition) is 4. The highest BCUT2D eigenvalue weighted by Gasteiger charge is 2.40. The van der Waals surface area contributed by atoms with E-state index in [1.54, 1.807) is 0 Å². The van der Waals surface area contributed by atoms with Crippen LogP contribution in [0, 0.1) is 12.8 Å². The summed E-state index contributed by atoms with van der Waals surface area (Å²) in [6.45, 7) is 5.95. The van der Waals surface area contributed by atoms with Gasteiger partial charge in [0, 0.05) is 25.2 Å². The van der Waals surface area contributed by atoms with Crippen LogP contribution in [0.25, 0.3) is 0 Å². The monoisotopic (exact) mass is 415 g/mol. The first-order chi connectivity index (χ1) is 13.7. The van der Waals surface area contributed by atoms with Crippen LogP contribution in [0.5, 0.6) is 0 Å². The molecular formula is C21H28F3NO4. The molecule has 2 saturated heterocycles. The maximum atomic E-state index is 10.6. The Morgan fingerprint density at radius 3 is 2.38 bits per heavy atom. The van der Waals surface area contributed by atoms with Crippen LogP contribution in [0.1, 0.15) is 36.8 Å². The Morgan fingerprint density at radius 2 is 1.86 bits per heavy atom. The van der Waals surface area contributed by atoms with E-state index in [0.717, 1.165) is 45.1 Å². The van der Waals surface area contributed by atoms with E-state index in [9.17, 15) is 13.2 Å². The number of alkyl halides is 3. The third-order valence-corrected chi connectivity index (χ3v) is 5.58. The normalized spacial score (nSPS) is 27.1. The van der Waals surface area contributed by atoms with Gasteiger partial charge in [-0.15, -0.1) is 0 Å². The summed E-state index contributed by atoms with van der Waals surface area (Å²) in [5, 5.41) is 7.12. The zero-order valence-electron chi connectivity index (χ0n) is 16.5. The Hall–Kier alpha value is -1.64. The van der Waals surface area contributed by atoms with Crippen LogP contribution in [0.3, 0.4) is 0 Å². The van der Waals surface area contributed by atoms with Crippen molar-refractivity contribution in [3.63, 3.8) is 0 Å². The summed E-state index contributed by atoms with van der Waals surface area (Å²) in [5.74, 6) is -1.89. The molecule has 29 heavy (non-hydrogen) atoms. The number of halogens is 3. The fourth-order valence-corrected chi connectivity index (χ4v) is 3.91. The van der Waals surface area contributed by atoms with E-state index in [4.69, 9.17) is 19.4 Å². The molecule has 2 aliphatic heterocycles. The summed E-state index contributed by atoms with van der Waals surface area (Å²) in [4.78, 5) is 11.6. The Morgan fingerprint density at radius 1 is 1.24 bits per heavy atom. The molecule has 162 valence electrons. The predicted molar refractivity (Wildman–Crippen MR) is 101 cm³/mol. The predicted octanol–water partition coefficient (Wildman–Crippen LogP) is 3.79. The lowest BCUT2D eigenvalue weighted by molar-refractivity contribution is -0.192. The van der Waals surface area contributed by atoms with Gasteiger partial charge in [0.05, 0.1) is 19.3 Å². The van der Waals surface area contributed by atoms with Gasteiger partial charge in [0.25, 0.3) is 0 Å². The van der Waals surface area contributed by atoms with Gasteiger partial charge < -0.3 is 14.6 Å². The van der Waals surface area contributed by atoms with Crippen molar-refractivity contribution in [1.29, 1.82) is 0 Å².